The molecule has 0 bridgehead atoms. The number of carbonyl (C=O) groups excluding carboxylic acids is 3. The van der Waals surface area contributed by atoms with E-state index in [1.54, 1.807) is 0 Å². The maximum Gasteiger partial charge on any atom is 0.335 e. The van der Waals surface area contributed by atoms with Crippen LogP contribution in [0.15, 0.2) is 23.3 Å². The van der Waals surface area contributed by atoms with E-state index in [2.05, 4.69) is 14.8 Å². The first kappa shape index (κ1) is 25.9. The molecule has 180 valence electrons. The molecule has 1 saturated heterocycles. The summed E-state index contributed by atoms with van der Waals surface area (Å²) in [5.41, 5.74) is 8.33. The standard InChI is InChI=1S/C20H25N3O10/c1-12(25)31-16-10-17(19(27)28-2)33-20(18(16)26)32-15-9-14(4-3-13(15)11-24)30-8-7-29-6-5-22-23-21/h3-4,9,11,16-18,20,26H,5-8,10H2,1-2H3/t16?,17?,18-,20?/m1/s1. The Morgan fingerprint density at radius 1 is 1.33 bits per heavy atom. The molecule has 1 aliphatic rings. The molecule has 0 radical (unpaired) electrons. The number of carbonyl (C=O) groups is 3. The molecule has 2 rings (SSSR count). The van der Waals surface area contributed by atoms with Crippen LogP contribution >= 0.6 is 0 Å². The molecule has 0 aromatic heterocycles. The highest BCUT2D eigenvalue weighted by Crippen LogP contribution is 2.30. The fraction of sp³-hybridized carbons (Fsp3) is 0.550. The molecule has 0 saturated carbocycles. The van der Waals surface area contributed by atoms with E-state index < -0.39 is 36.5 Å². The van der Waals surface area contributed by atoms with Gasteiger partial charge in [0.1, 0.15) is 24.2 Å². The molecule has 3 unspecified atom stereocenters. The number of aliphatic hydroxyl groups excluding tert-OH is 1. The van der Waals surface area contributed by atoms with E-state index in [1.807, 2.05) is 0 Å². The molecular formula is C20H25N3O10. The van der Waals surface area contributed by atoms with Crippen LogP contribution in [-0.4, -0.2) is 81.4 Å². The van der Waals surface area contributed by atoms with Gasteiger partial charge < -0.3 is 33.5 Å². The largest absolute Gasteiger partial charge is 0.491 e. The summed E-state index contributed by atoms with van der Waals surface area (Å²) in [6, 6.07) is 4.38. The van der Waals surface area contributed by atoms with Crippen molar-refractivity contribution in [3.8, 4) is 11.5 Å². The summed E-state index contributed by atoms with van der Waals surface area (Å²) < 4.78 is 31.7. The highest BCUT2D eigenvalue weighted by Gasteiger charge is 2.44. The Bertz CT molecular complexity index is 874. The van der Waals surface area contributed by atoms with E-state index >= 15 is 0 Å². The van der Waals surface area contributed by atoms with Gasteiger partial charge in [0.05, 0.1) is 25.9 Å². The molecule has 1 aliphatic heterocycles. The van der Waals surface area contributed by atoms with Crippen LogP contribution in [0.4, 0.5) is 0 Å². The van der Waals surface area contributed by atoms with Crippen LogP contribution in [0.1, 0.15) is 23.7 Å². The molecule has 1 fully saturated rings. The molecule has 1 heterocycles. The number of aldehydes is 1. The van der Waals surface area contributed by atoms with Gasteiger partial charge in [-0.05, 0) is 17.7 Å². The summed E-state index contributed by atoms with van der Waals surface area (Å²) in [4.78, 5) is 37.4. The molecule has 0 amide bonds. The highest BCUT2D eigenvalue weighted by molar-refractivity contribution is 5.79. The van der Waals surface area contributed by atoms with E-state index in [1.165, 1.54) is 25.3 Å². The maximum atomic E-state index is 12.0. The first-order valence-electron chi connectivity index (χ1n) is 9.95. The van der Waals surface area contributed by atoms with Crippen molar-refractivity contribution in [1.82, 2.24) is 0 Å². The molecule has 4 atom stereocenters. The molecule has 13 heteroatoms. The second-order valence-electron chi connectivity index (χ2n) is 6.74. The Kier molecular flexibility index (Phi) is 10.4. The van der Waals surface area contributed by atoms with Crippen molar-refractivity contribution in [2.24, 2.45) is 5.11 Å². The predicted octanol–water partition coefficient (Wildman–Crippen LogP) is 1.16. The van der Waals surface area contributed by atoms with Crippen molar-refractivity contribution in [2.45, 2.75) is 37.9 Å². The number of benzene rings is 1. The van der Waals surface area contributed by atoms with Crippen molar-refractivity contribution in [3.05, 3.63) is 34.2 Å². The Labute approximate surface area is 189 Å². The third-order valence-corrected chi connectivity index (χ3v) is 4.44. The highest BCUT2D eigenvalue weighted by atomic mass is 16.7. The summed E-state index contributed by atoms with van der Waals surface area (Å²) in [7, 11) is 1.17. The first-order valence-corrected chi connectivity index (χ1v) is 9.95. The van der Waals surface area contributed by atoms with Gasteiger partial charge in [-0.3, -0.25) is 9.59 Å². The summed E-state index contributed by atoms with van der Waals surface area (Å²) in [6.45, 7) is 2.00. The predicted molar refractivity (Wildman–Crippen MR) is 110 cm³/mol. The van der Waals surface area contributed by atoms with Gasteiger partial charge in [0.25, 0.3) is 0 Å². The fourth-order valence-corrected chi connectivity index (χ4v) is 2.93. The summed E-state index contributed by atoms with van der Waals surface area (Å²) >= 11 is 0. The van der Waals surface area contributed by atoms with Gasteiger partial charge in [0.2, 0.25) is 6.29 Å². The van der Waals surface area contributed by atoms with Crippen molar-refractivity contribution >= 4 is 18.2 Å². The maximum absolute atomic E-state index is 12.0. The number of azide groups is 1. The summed E-state index contributed by atoms with van der Waals surface area (Å²) in [6.07, 6.45) is -4.72. The molecule has 33 heavy (non-hydrogen) atoms. The minimum Gasteiger partial charge on any atom is -0.491 e. The Morgan fingerprint density at radius 2 is 2.12 bits per heavy atom. The molecule has 1 aromatic rings. The SMILES string of the molecule is COC(=O)C1CC(OC(C)=O)[C@@H](O)C(Oc2cc(OCCOCCN=[N+]=[N-])ccc2C=O)O1. The molecule has 0 aliphatic carbocycles. The van der Waals surface area contributed by atoms with Gasteiger partial charge in [0.15, 0.2) is 18.5 Å². The van der Waals surface area contributed by atoms with E-state index in [0.29, 0.717) is 12.0 Å². The van der Waals surface area contributed by atoms with Gasteiger partial charge >= 0.3 is 11.9 Å². The average molecular weight is 467 g/mol. The fourth-order valence-electron chi connectivity index (χ4n) is 2.93. The number of esters is 2. The zero-order valence-corrected chi connectivity index (χ0v) is 18.1. The van der Waals surface area contributed by atoms with E-state index in [-0.39, 0.29) is 44.1 Å². The van der Waals surface area contributed by atoms with Crippen LogP contribution in [0.25, 0.3) is 10.4 Å². The lowest BCUT2D eigenvalue weighted by atomic mass is 10.0. The second-order valence-corrected chi connectivity index (χ2v) is 6.74. The Balaban J connectivity index is 2.09. The van der Waals surface area contributed by atoms with Crippen LogP contribution in [0.5, 0.6) is 11.5 Å². The zero-order valence-electron chi connectivity index (χ0n) is 18.1. The number of rotatable bonds is 12. The zero-order chi connectivity index (χ0) is 24.2. The van der Waals surface area contributed by atoms with Gasteiger partial charge in [-0.1, -0.05) is 5.11 Å². The van der Waals surface area contributed by atoms with Crippen molar-refractivity contribution in [1.29, 1.82) is 0 Å². The number of methoxy groups -OCH3 is 1. The minimum absolute atomic E-state index is 0.0166. The van der Waals surface area contributed by atoms with Crippen LogP contribution in [-0.2, 0) is 28.5 Å². The average Bonchev–Trinajstić information content (AvgIpc) is 2.80. The smallest absolute Gasteiger partial charge is 0.335 e. The molecular weight excluding hydrogens is 442 g/mol. The molecule has 1 aromatic carbocycles. The van der Waals surface area contributed by atoms with Crippen molar-refractivity contribution in [2.75, 3.05) is 33.5 Å². The number of nitrogens with zero attached hydrogens (tertiary/aromatic N) is 3. The van der Waals surface area contributed by atoms with Crippen LogP contribution in [0.2, 0.25) is 0 Å². The van der Waals surface area contributed by atoms with Gasteiger partial charge in [-0.15, -0.1) is 0 Å². The lowest BCUT2D eigenvalue weighted by Crippen LogP contribution is -2.54. The first-order chi connectivity index (χ1) is 15.9. The third kappa shape index (κ3) is 7.91. The lowest BCUT2D eigenvalue weighted by Gasteiger charge is -2.37. The van der Waals surface area contributed by atoms with Gasteiger partial charge in [-0.25, -0.2) is 4.79 Å². The second kappa shape index (κ2) is 13.2. The normalized spacial score (nSPS) is 21.9. The van der Waals surface area contributed by atoms with Crippen LogP contribution in [0.3, 0.4) is 0 Å². The van der Waals surface area contributed by atoms with Gasteiger partial charge in [0, 0.05) is 30.9 Å². The molecule has 0 spiro atoms. The number of ether oxygens (including phenoxy) is 6. The van der Waals surface area contributed by atoms with E-state index in [9.17, 15) is 19.5 Å². The molecule has 13 nitrogen and oxygen atoms in total. The number of hydrogen-bond acceptors (Lipinski definition) is 11. The van der Waals surface area contributed by atoms with Crippen molar-refractivity contribution in [3.63, 3.8) is 0 Å². The van der Waals surface area contributed by atoms with Crippen LogP contribution in [0, 0.1) is 0 Å². The van der Waals surface area contributed by atoms with E-state index in [4.69, 9.17) is 29.2 Å². The van der Waals surface area contributed by atoms with Crippen LogP contribution < -0.4 is 9.47 Å². The third-order valence-electron chi connectivity index (χ3n) is 4.44. The minimum atomic E-state index is -1.44. The van der Waals surface area contributed by atoms with E-state index in [0.717, 1.165) is 6.92 Å². The summed E-state index contributed by atoms with van der Waals surface area (Å²) in [5.74, 6) is -1.04. The molecule has 1 N–H and O–H groups in total. The Hall–Kier alpha value is -3.38. The van der Waals surface area contributed by atoms with Gasteiger partial charge in [-0.2, -0.15) is 0 Å². The quantitative estimate of drug-likeness (QED) is 0.117. The summed E-state index contributed by atoms with van der Waals surface area (Å²) in [5, 5.41) is 13.9. The van der Waals surface area contributed by atoms with Crippen molar-refractivity contribution < 1.29 is 47.9 Å². The number of aliphatic hydroxyl groups is 1. The topological polar surface area (TPSA) is 176 Å². The lowest BCUT2D eigenvalue weighted by molar-refractivity contribution is -0.244. The number of hydrogen-bond donors (Lipinski definition) is 1. The monoisotopic (exact) mass is 467 g/mol. The Morgan fingerprint density at radius 3 is 2.79 bits per heavy atom.